The highest BCUT2D eigenvalue weighted by molar-refractivity contribution is 5.66. The van der Waals surface area contributed by atoms with Crippen molar-refractivity contribution in [2.24, 2.45) is 0 Å². The molecule has 0 aliphatic heterocycles. The molecule has 0 fully saturated rings. The molecule has 2 aromatic rings. The lowest BCUT2D eigenvalue weighted by Crippen LogP contribution is -2.02. The zero-order valence-corrected chi connectivity index (χ0v) is 18.4. The van der Waals surface area contributed by atoms with Crippen LogP contribution in [0.3, 0.4) is 0 Å². The van der Waals surface area contributed by atoms with Crippen LogP contribution in [-0.2, 0) is 0 Å². The molecule has 0 amide bonds. The zero-order valence-electron chi connectivity index (χ0n) is 18.4. The molecule has 0 saturated heterocycles. The van der Waals surface area contributed by atoms with Crippen molar-refractivity contribution < 1.29 is 9.47 Å². The maximum atomic E-state index is 6.04. The van der Waals surface area contributed by atoms with Gasteiger partial charge in [0.25, 0.3) is 0 Å². The number of hydrogen-bond donors (Lipinski definition) is 0. The van der Waals surface area contributed by atoms with Crippen molar-refractivity contribution in [3.8, 4) is 22.9 Å². The van der Waals surface area contributed by atoms with E-state index in [1.165, 1.54) is 57.8 Å². The molecule has 0 saturated carbocycles. The molecule has 0 aliphatic carbocycles. The normalized spacial score (nSPS) is 10.8. The maximum absolute atomic E-state index is 6.04. The molecule has 1 heterocycles. The van der Waals surface area contributed by atoms with Gasteiger partial charge in [-0.15, -0.1) is 10.2 Å². The van der Waals surface area contributed by atoms with Gasteiger partial charge in [-0.3, -0.25) is 0 Å². The van der Waals surface area contributed by atoms with Crippen molar-refractivity contribution in [3.63, 3.8) is 0 Å². The topological polar surface area (TPSA) is 44.2 Å². The molecule has 0 atom stereocenters. The summed E-state index contributed by atoms with van der Waals surface area (Å²) in [5.41, 5.74) is 1.80. The second-order valence-electron chi connectivity index (χ2n) is 7.63. The van der Waals surface area contributed by atoms with Gasteiger partial charge in [0, 0.05) is 11.6 Å². The highest BCUT2D eigenvalue weighted by atomic mass is 16.5. The fourth-order valence-electron chi connectivity index (χ4n) is 3.29. The van der Waals surface area contributed by atoms with E-state index in [-0.39, 0.29) is 0 Å². The number of unbranched alkanes of at least 4 members (excludes halogenated alkanes) is 9. The first-order chi connectivity index (χ1) is 14.3. The number of para-hydroxylation sites is 1. The van der Waals surface area contributed by atoms with Crippen LogP contribution in [0, 0.1) is 0 Å². The maximum Gasteiger partial charge on any atom is 0.233 e. The third-order valence-corrected chi connectivity index (χ3v) is 5.06. The number of ether oxygens (including phenoxy) is 2. The van der Waals surface area contributed by atoms with Gasteiger partial charge < -0.3 is 9.47 Å². The summed E-state index contributed by atoms with van der Waals surface area (Å²) >= 11 is 0. The van der Waals surface area contributed by atoms with Gasteiger partial charge in [0.2, 0.25) is 5.88 Å². The minimum atomic E-state index is 0.592. The molecule has 4 heteroatoms. The van der Waals surface area contributed by atoms with E-state index in [2.05, 4.69) is 24.0 Å². The molecule has 0 unspecified atom stereocenters. The Hall–Kier alpha value is -2.10. The summed E-state index contributed by atoms with van der Waals surface area (Å²) in [4.78, 5) is 0. The van der Waals surface area contributed by atoms with Crippen molar-refractivity contribution in [3.05, 3.63) is 36.4 Å². The van der Waals surface area contributed by atoms with Crippen molar-refractivity contribution in [2.45, 2.75) is 84.5 Å². The Labute approximate surface area is 177 Å². The van der Waals surface area contributed by atoms with Gasteiger partial charge in [-0.2, -0.15) is 0 Å². The van der Waals surface area contributed by atoms with E-state index >= 15 is 0 Å². The number of nitrogens with zero attached hydrogens (tertiary/aromatic N) is 2. The first-order valence-corrected chi connectivity index (χ1v) is 11.5. The van der Waals surface area contributed by atoms with Crippen molar-refractivity contribution in [1.29, 1.82) is 0 Å². The van der Waals surface area contributed by atoms with Gasteiger partial charge in [-0.25, -0.2) is 0 Å². The average molecular weight is 399 g/mol. The molecule has 0 radical (unpaired) electrons. The van der Waals surface area contributed by atoms with E-state index in [4.69, 9.17) is 9.47 Å². The van der Waals surface area contributed by atoms with E-state index in [1.807, 2.05) is 36.4 Å². The molecule has 29 heavy (non-hydrogen) atoms. The van der Waals surface area contributed by atoms with Crippen LogP contribution >= 0.6 is 0 Å². The van der Waals surface area contributed by atoms with Gasteiger partial charge in [-0.1, -0.05) is 83.8 Å². The second kappa shape index (κ2) is 14.8. The van der Waals surface area contributed by atoms with Crippen molar-refractivity contribution in [2.75, 3.05) is 13.2 Å². The zero-order chi connectivity index (χ0) is 20.6. The quantitative estimate of drug-likeness (QED) is 0.280. The predicted octanol–water partition coefficient (Wildman–Crippen LogP) is 7.23. The monoisotopic (exact) mass is 398 g/mol. The highest BCUT2D eigenvalue weighted by Gasteiger charge is 2.08. The molecule has 160 valence electrons. The minimum absolute atomic E-state index is 0.592. The lowest BCUT2D eigenvalue weighted by molar-refractivity contribution is 0.290. The van der Waals surface area contributed by atoms with Gasteiger partial charge in [-0.05, 0) is 31.0 Å². The van der Waals surface area contributed by atoms with Gasteiger partial charge in [0.1, 0.15) is 5.75 Å². The molecule has 2 rings (SSSR count). The Morgan fingerprint density at radius 1 is 0.621 bits per heavy atom. The summed E-state index contributed by atoms with van der Waals surface area (Å²) in [5, 5.41) is 8.60. The summed E-state index contributed by atoms with van der Waals surface area (Å²) in [6.45, 7) is 5.92. The van der Waals surface area contributed by atoms with Gasteiger partial charge in [0.05, 0.1) is 18.9 Å². The molecular formula is C25H38N2O2. The molecule has 0 bridgehead atoms. The Bertz CT molecular complexity index is 658. The average Bonchev–Trinajstić information content (AvgIpc) is 2.76. The van der Waals surface area contributed by atoms with E-state index in [1.54, 1.807) is 0 Å². The van der Waals surface area contributed by atoms with Gasteiger partial charge >= 0.3 is 0 Å². The first-order valence-electron chi connectivity index (χ1n) is 11.5. The Morgan fingerprint density at radius 2 is 1.24 bits per heavy atom. The summed E-state index contributed by atoms with van der Waals surface area (Å²) in [5.74, 6) is 1.47. The van der Waals surface area contributed by atoms with E-state index in [0.29, 0.717) is 12.5 Å². The number of hydrogen-bond acceptors (Lipinski definition) is 4. The minimum Gasteiger partial charge on any atom is -0.493 e. The molecule has 1 aromatic carbocycles. The third-order valence-electron chi connectivity index (χ3n) is 5.06. The van der Waals surface area contributed by atoms with Crippen molar-refractivity contribution >= 4 is 0 Å². The van der Waals surface area contributed by atoms with Crippen LogP contribution in [0.1, 0.15) is 84.5 Å². The number of rotatable bonds is 16. The Morgan fingerprint density at radius 3 is 1.90 bits per heavy atom. The van der Waals surface area contributed by atoms with E-state index in [0.717, 1.165) is 36.5 Å². The lowest BCUT2D eigenvalue weighted by atomic mass is 10.1. The van der Waals surface area contributed by atoms with E-state index in [9.17, 15) is 0 Å². The third kappa shape index (κ3) is 9.29. The summed E-state index contributed by atoms with van der Waals surface area (Å²) < 4.78 is 11.8. The van der Waals surface area contributed by atoms with Crippen molar-refractivity contribution in [1.82, 2.24) is 10.2 Å². The molecule has 1 aromatic heterocycles. The molecule has 4 nitrogen and oxygen atoms in total. The number of aromatic nitrogens is 2. The van der Waals surface area contributed by atoms with E-state index < -0.39 is 0 Å². The molecular weight excluding hydrogens is 360 g/mol. The van der Waals surface area contributed by atoms with Crippen LogP contribution in [0.15, 0.2) is 36.4 Å². The smallest absolute Gasteiger partial charge is 0.233 e. The molecule has 0 spiro atoms. The molecule has 0 aliphatic rings. The summed E-state index contributed by atoms with van der Waals surface area (Å²) in [7, 11) is 0. The highest BCUT2D eigenvalue weighted by Crippen LogP contribution is 2.28. The largest absolute Gasteiger partial charge is 0.493 e. The first kappa shape index (κ1) is 23.2. The van der Waals surface area contributed by atoms with Crippen LogP contribution < -0.4 is 9.47 Å². The standard InChI is InChI=1S/C25H38N2O2/c1-3-5-7-9-11-14-20-28-24-17-13-12-16-22(24)23-18-19-25(27-26-23)29-21-15-10-8-6-4-2/h12-13,16-19H,3-11,14-15,20-21H2,1-2H3. The van der Waals surface area contributed by atoms with Crippen LogP contribution in [0.4, 0.5) is 0 Å². The summed E-state index contributed by atoms with van der Waals surface area (Å²) in [6.07, 6.45) is 13.7. The SMILES string of the molecule is CCCCCCCCOc1ccccc1-c1ccc(OCCCCCCC)nn1. The van der Waals surface area contributed by atoms with Crippen LogP contribution in [-0.4, -0.2) is 23.4 Å². The Balaban J connectivity index is 1.79. The van der Waals surface area contributed by atoms with Crippen LogP contribution in [0.2, 0.25) is 0 Å². The van der Waals surface area contributed by atoms with Crippen LogP contribution in [0.5, 0.6) is 11.6 Å². The van der Waals surface area contributed by atoms with Gasteiger partial charge in [0.15, 0.2) is 0 Å². The second-order valence-corrected chi connectivity index (χ2v) is 7.63. The summed E-state index contributed by atoms with van der Waals surface area (Å²) in [6, 6.07) is 11.9. The number of benzene rings is 1. The fourth-order valence-corrected chi connectivity index (χ4v) is 3.29. The molecule has 0 N–H and O–H groups in total. The predicted molar refractivity (Wildman–Crippen MR) is 121 cm³/mol. The Kier molecular flexibility index (Phi) is 11.9. The van der Waals surface area contributed by atoms with Crippen LogP contribution in [0.25, 0.3) is 11.3 Å². The lowest BCUT2D eigenvalue weighted by Gasteiger charge is -2.11. The fraction of sp³-hybridized carbons (Fsp3) is 0.600.